The van der Waals surface area contributed by atoms with Crippen LogP contribution >= 0.6 is 0 Å². The zero-order chi connectivity index (χ0) is 22.8. The number of anilines is 1. The van der Waals surface area contributed by atoms with Crippen LogP contribution in [0.2, 0.25) is 0 Å². The van der Waals surface area contributed by atoms with Gasteiger partial charge in [-0.15, -0.1) is 0 Å². The molecule has 0 spiro atoms. The molecule has 2 aromatic carbocycles. The first kappa shape index (κ1) is 21.7. The zero-order valence-corrected chi connectivity index (χ0v) is 18.8. The molecule has 1 atom stereocenters. The minimum atomic E-state index is -0.390. The standard InChI is InChI=1S/C25H27NO6/c1-29-16-11-15(12-17(13-16)30-2)26-20-8-6-9-21(27)24(20)19(14-23(26)28)18-7-5-10-22(31-3)25(18)32-4/h5,7,10-13,19H,6,8-9,14H2,1-4H3. The number of Topliss-reactive ketones (excluding diaryl/α,β-unsaturated/α-hetero) is 1. The molecule has 0 bridgehead atoms. The maximum absolute atomic E-state index is 13.5. The van der Waals surface area contributed by atoms with Crippen LogP contribution in [0.5, 0.6) is 23.0 Å². The van der Waals surface area contributed by atoms with Crippen LogP contribution in [-0.4, -0.2) is 40.1 Å². The molecule has 1 aliphatic carbocycles. The van der Waals surface area contributed by atoms with Gasteiger partial charge in [0.1, 0.15) is 11.5 Å². The van der Waals surface area contributed by atoms with Crippen molar-refractivity contribution in [1.29, 1.82) is 0 Å². The maximum Gasteiger partial charge on any atom is 0.232 e. The molecule has 0 aromatic heterocycles. The van der Waals surface area contributed by atoms with Gasteiger partial charge in [0.25, 0.3) is 0 Å². The van der Waals surface area contributed by atoms with Crippen LogP contribution in [0.15, 0.2) is 47.7 Å². The Balaban J connectivity index is 1.90. The fraction of sp³-hybridized carbons (Fsp3) is 0.360. The van der Waals surface area contributed by atoms with Crippen LogP contribution in [0, 0.1) is 0 Å². The molecule has 0 saturated heterocycles. The van der Waals surface area contributed by atoms with Gasteiger partial charge in [0.2, 0.25) is 5.91 Å². The normalized spacial score (nSPS) is 18.4. The van der Waals surface area contributed by atoms with Crippen LogP contribution in [-0.2, 0) is 9.59 Å². The number of ketones is 1. The SMILES string of the molecule is COc1cc(OC)cc(N2C(=O)CC(c3cccc(OC)c3OC)C3=C2CCCC3=O)c1. The molecule has 0 radical (unpaired) electrons. The van der Waals surface area contributed by atoms with Gasteiger partial charge in [-0.05, 0) is 18.9 Å². The second-order valence-corrected chi connectivity index (χ2v) is 7.78. The van der Waals surface area contributed by atoms with E-state index in [1.165, 1.54) is 0 Å². The van der Waals surface area contributed by atoms with E-state index in [2.05, 4.69) is 0 Å². The highest BCUT2D eigenvalue weighted by Gasteiger charge is 2.41. The second kappa shape index (κ2) is 8.94. The summed E-state index contributed by atoms with van der Waals surface area (Å²) in [6, 6.07) is 10.9. The highest BCUT2D eigenvalue weighted by atomic mass is 16.5. The van der Waals surface area contributed by atoms with E-state index < -0.39 is 0 Å². The lowest BCUT2D eigenvalue weighted by molar-refractivity contribution is -0.119. The molecule has 2 aliphatic rings. The highest BCUT2D eigenvalue weighted by Crippen LogP contribution is 2.48. The van der Waals surface area contributed by atoms with Crippen molar-refractivity contribution in [2.24, 2.45) is 0 Å². The Kier molecular flexibility index (Phi) is 6.08. The van der Waals surface area contributed by atoms with E-state index in [9.17, 15) is 9.59 Å². The second-order valence-electron chi connectivity index (χ2n) is 7.78. The molecule has 2 aromatic rings. The molecule has 0 saturated carbocycles. The summed E-state index contributed by atoms with van der Waals surface area (Å²) in [6.45, 7) is 0. The molecule has 7 heteroatoms. The molecule has 168 valence electrons. The summed E-state index contributed by atoms with van der Waals surface area (Å²) in [5, 5.41) is 0. The number of amides is 1. The number of nitrogens with zero attached hydrogens (tertiary/aromatic N) is 1. The average molecular weight is 437 g/mol. The van der Waals surface area contributed by atoms with Crippen molar-refractivity contribution in [3.05, 3.63) is 53.2 Å². The van der Waals surface area contributed by atoms with Crippen molar-refractivity contribution in [3.63, 3.8) is 0 Å². The summed E-state index contributed by atoms with van der Waals surface area (Å²) in [6.07, 6.45) is 1.94. The minimum absolute atomic E-state index is 0.0634. The highest BCUT2D eigenvalue weighted by molar-refractivity contribution is 6.07. The van der Waals surface area contributed by atoms with Crippen molar-refractivity contribution in [3.8, 4) is 23.0 Å². The molecule has 1 heterocycles. The molecule has 7 nitrogen and oxygen atoms in total. The smallest absolute Gasteiger partial charge is 0.232 e. The number of methoxy groups -OCH3 is 4. The zero-order valence-electron chi connectivity index (χ0n) is 18.8. The summed E-state index contributed by atoms with van der Waals surface area (Å²) in [4.78, 5) is 28.4. The summed E-state index contributed by atoms with van der Waals surface area (Å²) >= 11 is 0. The molecule has 0 fully saturated rings. The number of hydrogen-bond acceptors (Lipinski definition) is 6. The lowest BCUT2D eigenvalue weighted by Crippen LogP contribution is -2.40. The summed E-state index contributed by atoms with van der Waals surface area (Å²) in [5.41, 5.74) is 2.82. The van der Waals surface area contributed by atoms with Gasteiger partial charge in [-0.3, -0.25) is 14.5 Å². The topological polar surface area (TPSA) is 74.3 Å². The summed E-state index contributed by atoms with van der Waals surface area (Å²) < 4.78 is 21.9. The molecule has 1 unspecified atom stereocenters. The molecule has 32 heavy (non-hydrogen) atoms. The Morgan fingerprint density at radius 1 is 0.875 bits per heavy atom. The Labute approximate surface area is 187 Å². The van der Waals surface area contributed by atoms with Crippen LogP contribution in [0.3, 0.4) is 0 Å². The number of carbonyl (C=O) groups excluding carboxylic acids is 2. The Morgan fingerprint density at radius 3 is 2.22 bits per heavy atom. The lowest BCUT2D eigenvalue weighted by atomic mass is 9.76. The van der Waals surface area contributed by atoms with Crippen molar-refractivity contribution < 1.29 is 28.5 Å². The number of ether oxygens (including phenoxy) is 4. The predicted molar refractivity (Wildman–Crippen MR) is 120 cm³/mol. The van der Waals surface area contributed by atoms with Gasteiger partial charge >= 0.3 is 0 Å². The molecule has 1 amide bonds. The lowest BCUT2D eigenvalue weighted by Gasteiger charge is -2.38. The van der Waals surface area contributed by atoms with E-state index in [0.29, 0.717) is 53.5 Å². The number of allylic oxidation sites excluding steroid dienone is 2. The van der Waals surface area contributed by atoms with Gasteiger partial charge in [-0.1, -0.05) is 12.1 Å². The molecule has 4 rings (SSSR count). The van der Waals surface area contributed by atoms with Crippen molar-refractivity contribution >= 4 is 17.4 Å². The van der Waals surface area contributed by atoms with E-state index >= 15 is 0 Å². The first-order chi connectivity index (χ1) is 15.5. The fourth-order valence-electron chi connectivity index (χ4n) is 4.67. The first-order valence-corrected chi connectivity index (χ1v) is 10.6. The fourth-order valence-corrected chi connectivity index (χ4v) is 4.67. The quantitative estimate of drug-likeness (QED) is 0.673. The number of hydrogen-bond donors (Lipinski definition) is 0. The predicted octanol–water partition coefficient (Wildman–Crippen LogP) is 4.25. The van der Waals surface area contributed by atoms with Gasteiger partial charge in [-0.2, -0.15) is 0 Å². The largest absolute Gasteiger partial charge is 0.497 e. The third-order valence-corrected chi connectivity index (χ3v) is 6.08. The number of rotatable bonds is 6. The Bertz CT molecular complexity index is 1070. The van der Waals surface area contributed by atoms with E-state index in [4.69, 9.17) is 18.9 Å². The van der Waals surface area contributed by atoms with Gasteiger partial charge < -0.3 is 18.9 Å². The maximum atomic E-state index is 13.5. The van der Waals surface area contributed by atoms with Gasteiger partial charge in [0.05, 0.1) is 34.1 Å². The first-order valence-electron chi connectivity index (χ1n) is 10.6. The van der Waals surface area contributed by atoms with Crippen LogP contribution in [0.4, 0.5) is 5.69 Å². The van der Waals surface area contributed by atoms with Gasteiger partial charge in [-0.25, -0.2) is 0 Å². The van der Waals surface area contributed by atoms with Crippen molar-refractivity contribution in [2.75, 3.05) is 33.3 Å². The van der Waals surface area contributed by atoms with E-state index in [1.807, 2.05) is 12.1 Å². The van der Waals surface area contributed by atoms with E-state index in [0.717, 1.165) is 11.3 Å². The van der Waals surface area contributed by atoms with Gasteiger partial charge in [0.15, 0.2) is 17.3 Å². The van der Waals surface area contributed by atoms with Crippen LogP contribution in [0.25, 0.3) is 0 Å². The minimum Gasteiger partial charge on any atom is -0.497 e. The summed E-state index contributed by atoms with van der Waals surface area (Å²) in [7, 11) is 6.27. The Morgan fingerprint density at radius 2 is 1.59 bits per heavy atom. The van der Waals surface area contributed by atoms with Crippen LogP contribution < -0.4 is 23.8 Å². The number of carbonyl (C=O) groups is 2. The summed E-state index contributed by atoms with van der Waals surface area (Å²) in [5.74, 6) is 1.86. The molecular formula is C25H27NO6. The van der Waals surface area contributed by atoms with E-state index in [-0.39, 0.29) is 24.0 Å². The third-order valence-electron chi connectivity index (χ3n) is 6.08. The van der Waals surface area contributed by atoms with Gasteiger partial charge in [0, 0.05) is 53.8 Å². The van der Waals surface area contributed by atoms with Crippen molar-refractivity contribution in [1.82, 2.24) is 0 Å². The number of para-hydroxylation sites is 1. The monoisotopic (exact) mass is 437 g/mol. The third kappa shape index (κ3) is 3.68. The number of benzene rings is 2. The Hall–Kier alpha value is -3.48. The molecular weight excluding hydrogens is 410 g/mol. The average Bonchev–Trinajstić information content (AvgIpc) is 2.82. The van der Waals surface area contributed by atoms with Crippen molar-refractivity contribution in [2.45, 2.75) is 31.6 Å². The molecule has 0 N–H and O–H groups in total. The van der Waals surface area contributed by atoms with Crippen LogP contribution in [0.1, 0.15) is 37.2 Å². The molecule has 1 aliphatic heterocycles. The van der Waals surface area contributed by atoms with E-state index in [1.54, 1.807) is 57.6 Å².